The molecule has 0 aliphatic rings. The van der Waals surface area contributed by atoms with Crippen molar-refractivity contribution in [2.45, 2.75) is 51.4 Å². The van der Waals surface area contributed by atoms with Gasteiger partial charge in [0.25, 0.3) is 0 Å². The molecule has 4 rings (SSSR count). The third-order valence-electron chi connectivity index (χ3n) is 5.50. The van der Waals surface area contributed by atoms with Crippen LogP contribution in [0, 0.1) is 0 Å². The zero-order valence-corrected chi connectivity index (χ0v) is 20.7. The van der Waals surface area contributed by atoms with E-state index >= 15 is 0 Å². The van der Waals surface area contributed by atoms with Crippen LogP contribution in [0.3, 0.4) is 0 Å². The molecule has 2 aromatic carbocycles. The quantitative estimate of drug-likeness (QED) is 0.170. The molecule has 10 nitrogen and oxygen atoms in total. The van der Waals surface area contributed by atoms with E-state index in [1.807, 2.05) is 0 Å². The predicted molar refractivity (Wildman–Crippen MR) is 138 cm³/mol. The summed E-state index contributed by atoms with van der Waals surface area (Å²) in [7, 11) is 0. The SMILES string of the molecule is O=C(O)CCCCc1cnc(-c2ccccc2O)o1.O=C(O)CCCCc1cnc(-c2ccccc2O)o1. The number of unbranched alkanes of at least 4 members (excludes halogenated alkanes) is 2. The van der Waals surface area contributed by atoms with Crippen molar-refractivity contribution in [1.82, 2.24) is 9.97 Å². The van der Waals surface area contributed by atoms with Gasteiger partial charge in [0.05, 0.1) is 23.5 Å². The Hall–Kier alpha value is -4.60. The average molecular weight is 523 g/mol. The Bertz CT molecular complexity index is 1230. The van der Waals surface area contributed by atoms with Gasteiger partial charge in [-0.15, -0.1) is 0 Å². The van der Waals surface area contributed by atoms with Crippen LogP contribution in [0.5, 0.6) is 11.5 Å². The second kappa shape index (κ2) is 14.2. The monoisotopic (exact) mass is 522 g/mol. The molecule has 0 amide bonds. The first-order valence-electron chi connectivity index (χ1n) is 12.2. The van der Waals surface area contributed by atoms with Gasteiger partial charge in [-0.2, -0.15) is 0 Å². The van der Waals surface area contributed by atoms with Crippen LogP contribution in [0.4, 0.5) is 0 Å². The van der Waals surface area contributed by atoms with Gasteiger partial charge in [0.2, 0.25) is 11.8 Å². The number of hydrogen-bond acceptors (Lipinski definition) is 8. The predicted octanol–water partition coefficient (Wildman–Crippen LogP) is 5.69. The van der Waals surface area contributed by atoms with Gasteiger partial charge in [-0.3, -0.25) is 9.59 Å². The Balaban J connectivity index is 0.000000211. The number of aliphatic carboxylic acids is 2. The van der Waals surface area contributed by atoms with Crippen molar-refractivity contribution >= 4 is 11.9 Å². The average Bonchev–Trinajstić information content (AvgIpc) is 3.55. The number of aryl methyl sites for hydroxylation is 2. The first-order valence-corrected chi connectivity index (χ1v) is 12.2. The molecule has 10 heteroatoms. The summed E-state index contributed by atoms with van der Waals surface area (Å²) in [6, 6.07) is 13.7. The number of aromatic hydroxyl groups is 2. The molecule has 0 saturated heterocycles. The maximum Gasteiger partial charge on any atom is 0.303 e. The van der Waals surface area contributed by atoms with Gasteiger partial charge < -0.3 is 29.3 Å². The molecular weight excluding hydrogens is 492 g/mol. The molecule has 0 spiro atoms. The van der Waals surface area contributed by atoms with E-state index in [-0.39, 0.29) is 24.3 Å². The van der Waals surface area contributed by atoms with E-state index in [0.29, 0.717) is 60.1 Å². The van der Waals surface area contributed by atoms with Crippen LogP contribution in [-0.2, 0) is 22.4 Å². The minimum absolute atomic E-state index is 0.127. The summed E-state index contributed by atoms with van der Waals surface area (Å²) in [5.41, 5.74) is 1.11. The number of para-hydroxylation sites is 2. The summed E-state index contributed by atoms with van der Waals surface area (Å²) in [5, 5.41) is 36.4. The second-order valence-electron chi connectivity index (χ2n) is 8.50. The number of carboxylic acids is 2. The van der Waals surface area contributed by atoms with E-state index < -0.39 is 11.9 Å². The highest BCUT2D eigenvalue weighted by Gasteiger charge is 2.11. The Labute approximate surface area is 219 Å². The molecule has 4 aromatic rings. The number of rotatable bonds is 12. The fraction of sp³-hybridized carbons (Fsp3) is 0.286. The fourth-order valence-corrected chi connectivity index (χ4v) is 3.56. The normalized spacial score (nSPS) is 10.5. The third-order valence-corrected chi connectivity index (χ3v) is 5.50. The Morgan fingerprint density at radius 2 is 1.03 bits per heavy atom. The third kappa shape index (κ3) is 8.81. The summed E-state index contributed by atoms with van der Waals surface area (Å²) in [4.78, 5) is 29.0. The summed E-state index contributed by atoms with van der Waals surface area (Å²) in [5.74, 6) is 0.841. The Morgan fingerprint density at radius 1 is 0.632 bits per heavy atom. The molecule has 0 radical (unpaired) electrons. The lowest BCUT2D eigenvalue weighted by Gasteiger charge is -1.99. The molecular formula is C28H30N2O8. The van der Waals surface area contributed by atoms with Gasteiger partial charge >= 0.3 is 11.9 Å². The number of phenolic OH excluding ortho intramolecular Hbond substituents is 2. The van der Waals surface area contributed by atoms with Gasteiger partial charge in [0, 0.05) is 25.7 Å². The van der Waals surface area contributed by atoms with E-state index in [2.05, 4.69) is 9.97 Å². The molecule has 0 aliphatic heterocycles. The Morgan fingerprint density at radius 3 is 1.39 bits per heavy atom. The van der Waals surface area contributed by atoms with Crippen molar-refractivity contribution in [2.75, 3.05) is 0 Å². The number of phenols is 2. The van der Waals surface area contributed by atoms with E-state index in [9.17, 15) is 19.8 Å². The number of nitrogens with zero attached hydrogens (tertiary/aromatic N) is 2. The van der Waals surface area contributed by atoms with Crippen molar-refractivity contribution in [3.63, 3.8) is 0 Å². The van der Waals surface area contributed by atoms with Crippen molar-refractivity contribution in [3.8, 4) is 34.4 Å². The van der Waals surface area contributed by atoms with Crippen LogP contribution in [0.25, 0.3) is 22.9 Å². The summed E-state index contributed by atoms with van der Waals surface area (Å²) >= 11 is 0. The summed E-state index contributed by atoms with van der Waals surface area (Å²) < 4.78 is 11.1. The van der Waals surface area contributed by atoms with Crippen molar-refractivity contribution < 1.29 is 38.8 Å². The molecule has 2 heterocycles. The number of hydrogen-bond donors (Lipinski definition) is 4. The maximum atomic E-state index is 10.4. The number of aromatic nitrogens is 2. The van der Waals surface area contributed by atoms with Crippen molar-refractivity contribution in [2.24, 2.45) is 0 Å². The standard InChI is InChI=1S/2C14H15NO4/c2*16-12-7-3-2-6-11(12)14-15-9-10(19-14)5-1-4-8-13(17)18/h2*2-3,6-7,9,16H,1,4-5,8H2,(H,17,18). The molecule has 0 aliphatic carbocycles. The molecule has 38 heavy (non-hydrogen) atoms. The van der Waals surface area contributed by atoms with Gasteiger partial charge in [-0.25, -0.2) is 9.97 Å². The molecule has 0 saturated carbocycles. The fourth-order valence-electron chi connectivity index (χ4n) is 3.56. The number of benzene rings is 2. The molecule has 2 aromatic heterocycles. The lowest BCUT2D eigenvalue weighted by Crippen LogP contribution is -1.94. The van der Waals surface area contributed by atoms with E-state index in [0.717, 1.165) is 12.8 Å². The zero-order valence-electron chi connectivity index (χ0n) is 20.7. The van der Waals surface area contributed by atoms with Gasteiger partial charge in [0.15, 0.2) is 0 Å². The van der Waals surface area contributed by atoms with Gasteiger partial charge in [0.1, 0.15) is 23.0 Å². The molecule has 4 N–H and O–H groups in total. The summed E-state index contributed by atoms with van der Waals surface area (Å²) in [6.45, 7) is 0. The van der Waals surface area contributed by atoms with E-state index in [1.165, 1.54) is 0 Å². The minimum atomic E-state index is -0.785. The molecule has 0 fully saturated rings. The molecule has 0 unspecified atom stereocenters. The topological polar surface area (TPSA) is 167 Å². The first kappa shape index (κ1) is 28.0. The van der Waals surface area contributed by atoms with E-state index in [1.54, 1.807) is 60.9 Å². The van der Waals surface area contributed by atoms with E-state index in [4.69, 9.17) is 19.0 Å². The minimum Gasteiger partial charge on any atom is -0.507 e. The highest BCUT2D eigenvalue weighted by molar-refractivity contribution is 5.67. The van der Waals surface area contributed by atoms with Gasteiger partial charge in [-0.05, 0) is 49.9 Å². The number of carbonyl (C=O) groups is 2. The summed E-state index contributed by atoms with van der Waals surface area (Å²) in [6.07, 6.45) is 7.56. The van der Waals surface area contributed by atoms with Crippen LogP contribution in [0.15, 0.2) is 69.8 Å². The van der Waals surface area contributed by atoms with Crippen molar-refractivity contribution in [1.29, 1.82) is 0 Å². The van der Waals surface area contributed by atoms with Crippen molar-refractivity contribution in [3.05, 3.63) is 72.4 Å². The van der Waals surface area contributed by atoms with Crippen LogP contribution >= 0.6 is 0 Å². The van der Waals surface area contributed by atoms with Gasteiger partial charge in [-0.1, -0.05) is 24.3 Å². The Kier molecular flexibility index (Phi) is 10.5. The highest BCUT2D eigenvalue weighted by Crippen LogP contribution is 2.29. The zero-order chi connectivity index (χ0) is 27.3. The second-order valence-corrected chi connectivity index (χ2v) is 8.50. The molecule has 0 atom stereocenters. The number of carboxylic acid groups (broad SMARTS) is 2. The lowest BCUT2D eigenvalue weighted by molar-refractivity contribution is -0.138. The first-order chi connectivity index (χ1) is 18.3. The number of oxazole rings is 2. The smallest absolute Gasteiger partial charge is 0.303 e. The van der Waals surface area contributed by atoms with Crippen LogP contribution in [-0.4, -0.2) is 42.3 Å². The highest BCUT2D eigenvalue weighted by atomic mass is 16.4. The van der Waals surface area contributed by atoms with Crippen LogP contribution in [0.2, 0.25) is 0 Å². The van der Waals surface area contributed by atoms with Crippen LogP contribution in [0.1, 0.15) is 50.0 Å². The molecule has 0 bridgehead atoms. The van der Waals surface area contributed by atoms with Crippen LogP contribution < -0.4 is 0 Å². The lowest BCUT2D eigenvalue weighted by atomic mass is 10.2. The molecule has 200 valence electrons. The largest absolute Gasteiger partial charge is 0.507 e. The maximum absolute atomic E-state index is 10.4.